The Hall–Kier alpha value is 0.546. The van der Waals surface area contributed by atoms with Crippen LogP contribution in [0.15, 0.2) is 0 Å². The number of rotatable bonds is 24. The van der Waals surface area contributed by atoms with Crippen LogP contribution in [-0.4, -0.2) is 13.2 Å². The van der Waals surface area contributed by atoms with Crippen molar-refractivity contribution in [3.05, 3.63) is 0 Å². The first-order valence-electron chi connectivity index (χ1n) is 13.1. The summed E-state index contributed by atoms with van der Waals surface area (Å²) in [4.78, 5) is 20.1. The van der Waals surface area contributed by atoms with Crippen LogP contribution < -0.4 is 9.79 Å². The fourth-order valence-corrected chi connectivity index (χ4v) is 4.01. The second-order valence-corrected chi connectivity index (χ2v) is 9.89. The topological polar surface area (TPSA) is 98.7 Å². The number of hydrogen-bond acceptors (Lipinski definition) is 6. The second kappa shape index (κ2) is 34.7. The molecule has 9 heteroatoms. The van der Waals surface area contributed by atoms with Crippen molar-refractivity contribution in [2.24, 2.45) is 0 Å². The van der Waals surface area contributed by atoms with Crippen LogP contribution in [0.4, 0.5) is 0 Å². The zero-order valence-electron chi connectivity index (χ0n) is 21.2. The van der Waals surface area contributed by atoms with Crippen LogP contribution in [0.1, 0.15) is 142 Å². The molecule has 0 aliphatic rings. The van der Waals surface area contributed by atoms with Crippen molar-refractivity contribution in [2.75, 3.05) is 13.2 Å². The monoisotopic (exact) mass is 555 g/mol. The Morgan fingerprint density at radius 1 is 0.455 bits per heavy atom. The summed E-state index contributed by atoms with van der Waals surface area (Å²) >= 11 is 0. The minimum Gasteiger partial charge on any atom is -0.566 e. The molecule has 2 unspecified atom stereocenters. The van der Waals surface area contributed by atoms with Gasteiger partial charge in [-0.05, 0) is 22.0 Å². The van der Waals surface area contributed by atoms with E-state index in [9.17, 15) is 18.9 Å². The molecular formula is C24H50CoO6P2+2. The summed E-state index contributed by atoms with van der Waals surface area (Å²) in [6, 6.07) is 0. The van der Waals surface area contributed by atoms with E-state index in [0.717, 1.165) is 25.7 Å². The zero-order chi connectivity index (χ0) is 24.1. The van der Waals surface area contributed by atoms with Crippen LogP contribution in [0.2, 0.25) is 0 Å². The quantitative estimate of drug-likeness (QED) is 0.0887. The van der Waals surface area contributed by atoms with E-state index in [0.29, 0.717) is 13.2 Å². The standard InChI is InChI=1S/2C12H25O3P.Co/c2*1-2-3-4-5-6-7-8-9-10-11-12-15-16(13)14;/h2*2-12H2,1H3;/q;;+2. The van der Waals surface area contributed by atoms with Gasteiger partial charge in [0.05, 0.1) is 0 Å². The molecule has 0 saturated heterocycles. The summed E-state index contributed by atoms with van der Waals surface area (Å²) in [6.07, 6.45) is 25.0. The van der Waals surface area contributed by atoms with Gasteiger partial charge in [-0.25, -0.2) is 0 Å². The Balaban J connectivity index is -0.000000529. The van der Waals surface area contributed by atoms with Gasteiger partial charge in [0.15, 0.2) is 0 Å². The van der Waals surface area contributed by atoms with E-state index in [4.69, 9.17) is 0 Å². The first kappa shape index (κ1) is 38.1. The van der Waals surface area contributed by atoms with E-state index < -0.39 is 16.5 Å². The molecular weight excluding hydrogens is 505 g/mol. The number of unbranched alkanes of at least 4 members (excludes halogenated alkanes) is 18. The minimum atomic E-state index is -2.64. The predicted molar refractivity (Wildman–Crippen MR) is 131 cm³/mol. The molecule has 0 fully saturated rings. The summed E-state index contributed by atoms with van der Waals surface area (Å²) in [5.74, 6) is 0. The average Bonchev–Trinajstić information content (AvgIpc) is 2.76. The molecule has 0 heterocycles. The molecule has 0 saturated carbocycles. The fraction of sp³-hybridized carbons (Fsp3) is 1.00. The first-order chi connectivity index (χ1) is 15.5. The van der Waals surface area contributed by atoms with Gasteiger partial charge in [0.2, 0.25) is 0 Å². The van der Waals surface area contributed by atoms with E-state index in [1.54, 1.807) is 0 Å². The molecule has 0 aromatic rings. The average molecular weight is 556 g/mol. The molecule has 0 rings (SSSR count). The Bertz CT molecular complexity index is 367. The Kier molecular flexibility index (Phi) is 40.1. The van der Waals surface area contributed by atoms with Crippen LogP contribution in [0.5, 0.6) is 0 Å². The molecule has 0 aromatic heterocycles. The van der Waals surface area contributed by atoms with Gasteiger partial charge < -0.3 is 9.79 Å². The first-order valence-corrected chi connectivity index (χ1v) is 15.3. The molecule has 6 nitrogen and oxygen atoms in total. The Morgan fingerprint density at radius 3 is 0.879 bits per heavy atom. The molecule has 33 heavy (non-hydrogen) atoms. The van der Waals surface area contributed by atoms with Crippen molar-refractivity contribution in [2.45, 2.75) is 142 Å². The molecule has 1 radical (unpaired) electrons. The molecule has 0 aliphatic heterocycles. The smallest absolute Gasteiger partial charge is 0.566 e. The maximum absolute atomic E-state index is 10.1. The summed E-state index contributed by atoms with van der Waals surface area (Å²) in [7, 11) is -5.27. The van der Waals surface area contributed by atoms with Crippen molar-refractivity contribution in [3.8, 4) is 0 Å². The molecule has 0 aliphatic carbocycles. The molecule has 2 atom stereocenters. The van der Waals surface area contributed by atoms with Gasteiger partial charge in [0.1, 0.15) is 13.2 Å². The van der Waals surface area contributed by atoms with Crippen molar-refractivity contribution in [1.82, 2.24) is 0 Å². The largest absolute Gasteiger partial charge is 2.00 e. The van der Waals surface area contributed by atoms with E-state index in [1.807, 2.05) is 0 Å². The van der Waals surface area contributed by atoms with Crippen LogP contribution in [-0.2, 0) is 35.0 Å². The fourth-order valence-electron chi connectivity index (χ4n) is 3.46. The van der Waals surface area contributed by atoms with E-state index in [-0.39, 0.29) is 16.8 Å². The maximum atomic E-state index is 10.1. The van der Waals surface area contributed by atoms with E-state index in [2.05, 4.69) is 22.9 Å². The normalized spacial score (nSPS) is 11.4. The van der Waals surface area contributed by atoms with Crippen LogP contribution in [0.3, 0.4) is 0 Å². The summed E-state index contributed by atoms with van der Waals surface area (Å²) < 4.78 is 29.1. The van der Waals surface area contributed by atoms with Gasteiger partial charge in [-0.2, -0.15) is 0 Å². The summed E-state index contributed by atoms with van der Waals surface area (Å²) in [5.41, 5.74) is 0. The minimum absolute atomic E-state index is 0. The molecule has 0 aromatic carbocycles. The molecule has 199 valence electrons. The maximum Gasteiger partial charge on any atom is 2.00 e. The van der Waals surface area contributed by atoms with Gasteiger partial charge in [-0.3, -0.25) is 0 Å². The van der Waals surface area contributed by atoms with E-state index in [1.165, 1.54) is 103 Å². The van der Waals surface area contributed by atoms with Crippen molar-refractivity contribution >= 4 is 16.5 Å². The summed E-state index contributed by atoms with van der Waals surface area (Å²) in [6.45, 7) is 5.18. The van der Waals surface area contributed by atoms with Crippen LogP contribution >= 0.6 is 16.5 Å². The van der Waals surface area contributed by atoms with E-state index >= 15 is 0 Å². The van der Waals surface area contributed by atoms with Gasteiger partial charge in [0.25, 0.3) is 0 Å². The third-order valence-electron chi connectivity index (χ3n) is 5.39. The zero-order valence-corrected chi connectivity index (χ0v) is 24.1. The Morgan fingerprint density at radius 2 is 0.667 bits per heavy atom. The number of hydrogen-bond donors (Lipinski definition) is 0. The van der Waals surface area contributed by atoms with Gasteiger partial charge in [-0.1, -0.05) is 129 Å². The van der Waals surface area contributed by atoms with Crippen LogP contribution in [0, 0.1) is 0 Å². The molecule has 0 spiro atoms. The van der Waals surface area contributed by atoms with Gasteiger partial charge >= 0.3 is 33.3 Å². The molecule has 0 N–H and O–H groups in total. The SMILES string of the molecule is CCCCCCCCCCCCO[P+](=O)[O-].CCCCCCCCCCCCO[P+](=O)[O-].[Co+2]. The molecule has 0 amide bonds. The van der Waals surface area contributed by atoms with Gasteiger partial charge in [-0.15, -0.1) is 9.05 Å². The third-order valence-corrected chi connectivity index (χ3v) is 6.18. The Labute approximate surface area is 216 Å². The van der Waals surface area contributed by atoms with Crippen molar-refractivity contribution < 1.29 is 44.7 Å². The van der Waals surface area contributed by atoms with Crippen molar-refractivity contribution in [1.29, 1.82) is 0 Å². The van der Waals surface area contributed by atoms with Crippen LogP contribution in [0.25, 0.3) is 0 Å². The summed E-state index contributed by atoms with van der Waals surface area (Å²) in [5, 5.41) is 0. The van der Waals surface area contributed by atoms with Crippen molar-refractivity contribution in [3.63, 3.8) is 0 Å². The van der Waals surface area contributed by atoms with Gasteiger partial charge in [0, 0.05) is 0 Å². The predicted octanol–water partition coefficient (Wildman–Crippen LogP) is 7.88. The third kappa shape index (κ3) is 43.1. The molecule has 0 bridgehead atoms. The second-order valence-electron chi connectivity index (χ2n) is 8.48.